The molecular weight excluding hydrogens is 334 g/mol. The van der Waals surface area contributed by atoms with Crippen LogP contribution in [-0.4, -0.2) is 18.8 Å². The summed E-state index contributed by atoms with van der Waals surface area (Å²) in [6.07, 6.45) is 0. The van der Waals surface area contributed by atoms with Crippen molar-refractivity contribution in [3.63, 3.8) is 0 Å². The molecule has 0 N–H and O–H groups in total. The minimum absolute atomic E-state index is 0.353. The van der Waals surface area contributed by atoms with E-state index in [2.05, 4.69) is 15.9 Å². The minimum Gasteiger partial charge on any atom is -0.497 e. The fourth-order valence-electron chi connectivity index (χ4n) is 2.36. The van der Waals surface area contributed by atoms with Gasteiger partial charge in [-0.15, -0.1) is 0 Å². The summed E-state index contributed by atoms with van der Waals surface area (Å²) in [6, 6.07) is 12.7. The lowest BCUT2D eigenvalue weighted by Crippen LogP contribution is -2.29. The summed E-state index contributed by atoms with van der Waals surface area (Å²) < 4.78 is 6.02. The van der Waals surface area contributed by atoms with Crippen molar-refractivity contribution in [2.24, 2.45) is 0 Å². The van der Waals surface area contributed by atoms with Crippen LogP contribution >= 0.6 is 15.9 Å². The first-order chi connectivity index (χ1) is 10.1. The number of carbonyl (C=O) groups is 2. The van der Waals surface area contributed by atoms with Crippen LogP contribution in [0.1, 0.15) is 15.9 Å². The molecule has 0 radical (unpaired) electrons. The maximum Gasteiger partial charge on any atom is 0.299 e. The molecule has 0 saturated carbocycles. The lowest BCUT2D eigenvalue weighted by Gasteiger charge is -2.17. The number of Topliss-reactive ketones (excluding diaryl/α,β-unsaturated/α-hetero) is 1. The molecule has 1 aliphatic rings. The number of hydrogen-bond donors (Lipinski definition) is 0. The molecule has 106 valence electrons. The van der Waals surface area contributed by atoms with Crippen molar-refractivity contribution >= 4 is 33.3 Å². The molecule has 0 bridgehead atoms. The number of halogens is 1. The van der Waals surface area contributed by atoms with Gasteiger partial charge >= 0.3 is 0 Å². The van der Waals surface area contributed by atoms with Gasteiger partial charge in [-0.1, -0.05) is 34.1 Å². The molecule has 1 heterocycles. The standard InChI is InChI=1S/C16H12BrNO3/c1-21-11-6-7-14-12(8-11)15(19)16(20)18(14)9-10-4-2-3-5-13(10)17/h2-8H,9H2,1H3. The first kappa shape index (κ1) is 13.8. The van der Waals surface area contributed by atoms with Crippen LogP contribution in [0.2, 0.25) is 0 Å². The Kier molecular flexibility index (Phi) is 3.51. The van der Waals surface area contributed by atoms with E-state index in [0.717, 1.165) is 10.0 Å². The molecule has 1 aliphatic heterocycles. The number of anilines is 1. The molecular formula is C16H12BrNO3. The molecule has 21 heavy (non-hydrogen) atoms. The Hall–Kier alpha value is -2.14. The van der Waals surface area contributed by atoms with Crippen molar-refractivity contribution in [1.82, 2.24) is 0 Å². The number of fused-ring (bicyclic) bond motifs is 1. The highest BCUT2D eigenvalue weighted by molar-refractivity contribution is 9.10. The number of carbonyl (C=O) groups excluding carboxylic acids is 2. The van der Waals surface area contributed by atoms with Crippen LogP contribution in [0.5, 0.6) is 5.75 Å². The van der Waals surface area contributed by atoms with E-state index in [0.29, 0.717) is 23.5 Å². The Labute approximate surface area is 130 Å². The van der Waals surface area contributed by atoms with Gasteiger partial charge in [0.05, 0.1) is 24.9 Å². The summed E-state index contributed by atoms with van der Waals surface area (Å²) in [7, 11) is 1.53. The smallest absolute Gasteiger partial charge is 0.299 e. The largest absolute Gasteiger partial charge is 0.497 e. The highest BCUT2D eigenvalue weighted by Gasteiger charge is 2.36. The summed E-state index contributed by atoms with van der Waals surface area (Å²) in [4.78, 5) is 25.8. The molecule has 3 rings (SSSR count). The van der Waals surface area contributed by atoms with Gasteiger partial charge in [0, 0.05) is 4.47 Å². The first-order valence-electron chi connectivity index (χ1n) is 6.39. The van der Waals surface area contributed by atoms with Gasteiger partial charge in [-0.3, -0.25) is 9.59 Å². The topological polar surface area (TPSA) is 46.6 Å². The number of rotatable bonds is 3. The van der Waals surface area contributed by atoms with Gasteiger partial charge < -0.3 is 9.64 Å². The van der Waals surface area contributed by atoms with E-state index in [1.54, 1.807) is 18.2 Å². The molecule has 0 saturated heterocycles. The number of amides is 1. The summed E-state index contributed by atoms with van der Waals surface area (Å²) in [5, 5.41) is 0. The number of methoxy groups -OCH3 is 1. The van der Waals surface area contributed by atoms with Gasteiger partial charge in [-0.05, 0) is 29.8 Å². The molecule has 1 amide bonds. The Morgan fingerprint density at radius 2 is 1.90 bits per heavy atom. The number of ether oxygens (including phenoxy) is 1. The maximum atomic E-state index is 12.2. The average Bonchev–Trinajstić information content (AvgIpc) is 2.74. The fourth-order valence-corrected chi connectivity index (χ4v) is 2.77. The lowest BCUT2D eigenvalue weighted by molar-refractivity contribution is -0.114. The van der Waals surface area contributed by atoms with Crippen LogP contribution in [0.15, 0.2) is 46.9 Å². The number of benzene rings is 2. The summed E-state index contributed by atoms with van der Waals surface area (Å²) in [5.74, 6) is -0.428. The van der Waals surface area contributed by atoms with E-state index in [1.165, 1.54) is 12.0 Å². The quantitative estimate of drug-likeness (QED) is 0.802. The molecule has 0 fully saturated rings. The number of hydrogen-bond acceptors (Lipinski definition) is 3. The Morgan fingerprint density at radius 3 is 2.62 bits per heavy atom. The third kappa shape index (κ3) is 2.34. The van der Waals surface area contributed by atoms with Crippen LogP contribution in [0, 0.1) is 0 Å². The maximum absolute atomic E-state index is 12.2. The fraction of sp³-hybridized carbons (Fsp3) is 0.125. The number of nitrogens with zero attached hydrogens (tertiary/aromatic N) is 1. The van der Waals surface area contributed by atoms with Gasteiger partial charge in [0.2, 0.25) is 0 Å². The molecule has 4 nitrogen and oxygen atoms in total. The van der Waals surface area contributed by atoms with Crippen molar-refractivity contribution in [3.8, 4) is 5.75 Å². The van der Waals surface area contributed by atoms with E-state index in [1.807, 2.05) is 24.3 Å². The lowest BCUT2D eigenvalue weighted by atomic mass is 10.1. The van der Waals surface area contributed by atoms with Crippen LogP contribution in [0.4, 0.5) is 5.69 Å². The van der Waals surface area contributed by atoms with Crippen molar-refractivity contribution in [2.45, 2.75) is 6.54 Å². The van der Waals surface area contributed by atoms with E-state index in [-0.39, 0.29) is 0 Å². The van der Waals surface area contributed by atoms with Gasteiger partial charge in [-0.2, -0.15) is 0 Å². The van der Waals surface area contributed by atoms with Gasteiger partial charge in [0.15, 0.2) is 0 Å². The van der Waals surface area contributed by atoms with Crippen molar-refractivity contribution in [3.05, 3.63) is 58.1 Å². The van der Waals surface area contributed by atoms with Gasteiger partial charge in [0.1, 0.15) is 5.75 Å². The molecule has 0 atom stereocenters. The molecule has 5 heteroatoms. The third-order valence-corrected chi connectivity index (χ3v) is 4.24. The second-order valence-electron chi connectivity index (χ2n) is 4.69. The second-order valence-corrected chi connectivity index (χ2v) is 5.55. The normalized spacial score (nSPS) is 13.5. The van der Waals surface area contributed by atoms with Crippen molar-refractivity contribution in [2.75, 3.05) is 12.0 Å². The molecule has 2 aromatic carbocycles. The average molecular weight is 346 g/mol. The first-order valence-corrected chi connectivity index (χ1v) is 7.18. The van der Waals surface area contributed by atoms with E-state index in [4.69, 9.17) is 4.74 Å². The van der Waals surface area contributed by atoms with Crippen LogP contribution in [-0.2, 0) is 11.3 Å². The van der Waals surface area contributed by atoms with Crippen LogP contribution in [0.25, 0.3) is 0 Å². The third-order valence-electron chi connectivity index (χ3n) is 3.46. The molecule has 0 aliphatic carbocycles. The zero-order valence-corrected chi connectivity index (χ0v) is 12.9. The van der Waals surface area contributed by atoms with E-state index in [9.17, 15) is 9.59 Å². The van der Waals surface area contributed by atoms with Crippen LogP contribution < -0.4 is 9.64 Å². The predicted molar refractivity (Wildman–Crippen MR) is 82.7 cm³/mol. The summed E-state index contributed by atoms with van der Waals surface area (Å²) >= 11 is 3.46. The molecule has 0 spiro atoms. The van der Waals surface area contributed by atoms with E-state index >= 15 is 0 Å². The predicted octanol–water partition coefficient (Wildman–Crippen LogP) is 3.19. The Morgan fingerprint density at radius 1 is 1.14 bits per heavy atom. The van der Waals surface area contributed by atoms with Crippen LogP contribution in [0.3, 0.4) is 0 Å². The molecule has 2 aromatic rings. The zero-order chi connectivity index (χ0) is 15.0. The highest BCUT2D eigenvalue weighted by Crippen LogP contribution is 2.33. The molecule has 0 aromatic heterocycles. The number of ketones is 1. The van der Waals surface area contributed by atoms with E-state index < -0.39 is 11.7 Å². The monoisotopic (exact) mass is 345 g/mol. The van der Waals surface area contributed by atoms with Gasteiger partial charge in [0.25, 0.3) is 11.7 Å². The second kappa shape index (κ2) is 5.33. The van der Waals surface area contributed by atoms with Gasteiger partial charge in [-0.25, -0.2) is 0 Å². The zero-order valence-electron chi connectivity index (χ0n) is 11.3. The minimum atomic E-state index is -0.506. The van der Waals surface area contributed by atoms with Crippen molar-refractivity contribution in [1.29, 1.82) is 0 Å². The molecule has 0 unspecified atom stereocenters. The highest BCUT2D eigenvalue weighted by atomic mass is 79.9. The Bertz CT molecular complexity index is 742. The van der Waals surface area contributed by atoms with Crippen molar-refractivity contribution < 1.29 is 14.3 Å². The SMILES string of the molecule is COc1ccc2c(c1)C(=O)C(=O)N2Cc1ccccc1Br. The Balaban J connectivity index is 2.00. The summed E-state index contributed by atoms with van der Waals surface area (Å²) in [6.45, 7) is 0.353. The summed E-state index contributed by atoms with van der Waals surface area (Å²) in [5.41, 5.74) is 1.97.